The Kier molecular flexibility index (Phi) is 3.74. The van der Waals surface area contributed by atoms with E-state index >= 15 is 0 Å². The smallest absolute Gasteiger partial charge is 0.123 e. The van der Waals surface area contributed by atoms with E-state index in [1.165, 1.54) is 12.1 Å². The maximum Gasteiger partial charge on any atom is 0.123 e. The predicted octanol–water partition coefficient (Wildman–Crippen LogP) is 1.32. The minimum atomic E-state index is -0.258. The molecule has 2 atom stereocenters. The van der Waals surface area contributed by atoms with E-state index in [9.17, 15) is 4.39 Å². The maximum atomic E-state index is 12.7. The minimum absolute atomic E-state index is 0.101. The first-order chi connectivity index (χ1) is 7.78. The summed E-state index contributed by atoms with van der Waals surface area (Å²) in [5.41, 5.74) is 0. The molecule has 16 heavy (non-hydrogen) atoms. The summed E-state index contributed by atoms with van der Waals surface area (Å²) < 4.78 is 18.4. The molecule has 1 heterocycles. The molecule has 1 fully saturated rings. The predicted molar refractivity (Wildman–Crippen MR) is 58.9 cm³/mol. The highest BCUT2D eigenvalue weighted by Gasteiger charge is 2.21. The Hall–Kier alpha value is -1.13. The van der Waals surface area contributed by atoms with Gasteiger partial charge in [-0.3, -0.25) is 0 Å². The van der Waals surface area contributed by atoms with Gasteiger partial charge in [0.2, 0.25) is 0 Å². The molecule has 1 aromatic rings. The minimum Gasteiger partial charge on any atom is -0.490 e. The van der Waals surface area contributed by atoms with Gasteiger partial charge in [-0.1, -0.05) is 0 Å². The fourth-order valence-corrected chi connectivity index (χ4v) is 1.92. The molecule has 88 valence electrons. The van der Waals surface area contributed by atoms with Crippen molar-refractivity contribution in [3.8, 4) is 5.75 Å². The average Bonchev–Trinajstić information content (AvgIpc) is 2.32. The van der Waals surface area contributed by atoms with E-state index in [0.717, 1.165) is 19.4 Å². The first-order valence-electron chi connectivity index (χ1n) is 5.54. The van der Waals surface area contributed by atoms with Crippen molar-refractivity contribution < 1.29 is 14.2 Å². The number of rotatable bonds is 3. The highest BCUT2D eigenvalue weighted by Crippen LogP contribution is 2.18. The first kappa shape index (κ1) is 11.4. The zero-order valence-corrected chi connectivity index (χ0v) is 9.03. The van der Waals surface area contributed by atoms with Crippen LogP contribution in [0, 0.1) is 5.82 Å². The number of nitrogens with one attached hydrogen (secondary N) is 1. The molecule has 0 aliphatic carbocycles. The Bertz CT molecular complexity index is 328. The summed E-state index contributed by atoms with van der Waals surface area (Å²) in [5, 5.41) is 12.2. The average molecular weight is 225 g/mol. The second-order valence-electron chi connectivity index (χ2n) is 4.05. The summed E-state index contributed by atoms with van der Waals surface area (Å²) in [5.74, 6) is 0.427. The molecule has 1 aliphatic heterocycles. The third-order valence-corrected chi connectivity index (χ3v) is 2.78. The van der Waals surface area contributed by atoms with Crippen molar-refractivity contribution in [2.75, 3.05) is 13.2 Å². The molecule has 0 radical (unpaired) electrons. The third kappa shape index (κ3) is 2.93. The van der Waals surface area contributed by atoms with Crippen molar-refractivity contribution in [1.29, 1.82) is 0 Å². The fraction of sp³-hybridized carbons (Fsp3) is 0.500. The number of hydrogen-bond donors (Lipinski definition) is 2. The normalized spacial score (nSPS) is 25.4. The van der Waals surface area contributed by atoms with Crippen molar-refractivity contribution in [3.63, 3.8) is 0 Å². The van der Waals surface area contributed by atoms with Crippen molar-refractivity contribution in [2.24, 2.45) is 0 Å². The molecule has 3 nitrogen and oxygen atoms in total. The quantitative estimate of drug-likeness (QED) is 0.815. The SMILES string of the molecule is OC[C@H]1C[C@H](Oc2ccc(F)cc2)CCN1. The molecule has 4 heteroatoms. The highest BCUT2D eigenvalue weighted by atomic mass is 19.1. The lowest BCUT2D eigenvalue weighted by Gasteiger charge is -2.29. The summed E-state index contributed by atoms with van der Waals surface area (Å²) in [4.78, 5) is 0. The first-order valence-corrected chi connectivity index (χ1v) is 5.54. The second-order valence-corrected chi connectivity index (χ2v) is 4.05. The van der Waals surface area contributed by atoms with E-state index in [-0.39, 0.29) is 24.6 Å². The molecule has 0 saturated carbocycles. The number of ether oxygens (including phenoxy) is 1. The maximum absolute atomic E-state index is 12.7. The molecule has 0 amide bonds. The van der Waals surface area contributed by atoms with Crippen molar-refractivity contribution >= 4 is 0 Å². The van der Waals surface area contributed by atoms with Crippen molar-refractivity contribution in [3.05, 3.63) is 30.1 Å². The van der Waals surface area contributed by atoms with Crippen LogP contribution in [0.4, 0.5) is 4.39 Å². The summed E-state index contributed by atoms with van der Waals surface area (Å²) in [7, 11) is 0. The Morgan fingerprint density at radius 2 is 2.12 bits per heavy atom. The van der Waals surface area contributed by atoms with Gasteiger partial charge < -0.3 is 15.2 Å². The van der Waals surface area contributed by atoms with Crippen molar-refractivity contribution in [1.82, 2.24) is 5.32 Å². The van der Waals surface area contributed by atoms with Gasteiger partial charge in [-0.05, 0) is 37.2 Å². The fourth-order valence-electron chi connectivity index (χ4n) is 1.92. The summed E-state index contributed by atoms with van der Waals surface area (Å²) in [6, 6.07) is 6.15. The Morgan fingerprint density at radius 1 is 1.38 bits per heavy atom. The van der Waals surface area contributed by atoms with Crippen LogP contribution in [0.3, 0.4) is 0 Å². The summed E-state index contributed by atoms with van der Waals surface area (Å²) in [6.07, 6.45) is 1.80. The van der Waals surface area contributed by atoms with Crippen LogP contribution in [0.2, 0.25) is 0 Å². The van der Waals surface area contributed by atoms with E-state index in [0.29, 0.717) is 5.75 Å². The molecule has 0 bridgehead atoms. The number of aliphatic hydroxyl groups excluding tert-OH is 1. The largest absolute Gasteiger partial charge is 0.490 e. The number of benzene rings is 1. The molecular formula is C12H16FNO2. The topological polar surface area (TPSA) is 41.5 Å². The van der Waals surface area contributed by atoms with Gasteiger partial charge in [-0.15, -0.1) is 0 Å². The molecule has 2 N–H and O–H groups in total. The summed E-state index contributed by atoms with van der Waals surface area (Å²) >= 11 is 0. The van der Waals surface area contributed by atoms with Crippen LogP contribution in [0.15, 0.2) is 24.3 Å². The molecule has 0 spiro atoms. The lowest BCUT2D eigenvalue weighted by molar-refractivity contribution is 0.114. The van der Waals surface area contributed by atoms with Crippen molar-refractivity contribution in [2.45, 2.75) is 25.0 Å². The number of aliphatic hydroxyl groups is 1. The number of halogens is 1. The Morgan fingerprint density at radius 3 is 2.81 bits per heavy atom. The standard InChI is InChI=1S/C12H16FNO2/c13-9-1-3-11(4-2-9)16-12-5-6-14-10(7-12)8-15/h1-4,10,12,14-15H,5-8H2/t10-,12-/m1/s1. The van der Waals surface area contributed by atoms with Gasteiger partial charge >= 0.3 is 0 Å². The zero-order chi connectivity index (χ0) is 11.4. The van der Waals surface area contributed by atoms with Gasteiger partial charge in [0, 0.05) is 12.5 Å². The lowest BCUT2D eigenvalue weighted by Crippen LogP contribution is -2.44. The van der Waals surface area contributed by atoms with Crippen LogP contribution in [0.1, 0.15) is 12.8 Å². The van der Waals surface area contributed by atoms with Gasteiger partial charge in [-0.2, -0.15) is 0 Å². The molecular weight excluding hydrogens is 209 g/mol. The van der Waals surface area contributed by atoms with Crippen LogP contribution in [-0.4, -0.2) is 30.4 Å². The van der Waals surface area contributed by atoms with Crippen LogP contribution in [-0.2, 0) is 0 Å². The molecule has 1 saturated heterocycles. The van der Waals surface area contributed by atoms with Crippen LogP contribution in [0.5, 0.6) is 5.75 Å². The van der Waals surface area contributed by atoms with Gasteiger partial charge in [0.05, 0.1) is 6.61 Å². The molecule has 1 aromatic carbocycles. The van der Waals surface area contributed by atoms with E-state index in [1.807, 2.05) is 0 Å². The van der Waals surface area contributed by atoms with E-state index in [1.54, 1.807) is 12.1 Å². The van der Waals surface area contributed by atoms with Gasteiger partial charge in [0.15, 0.2) is 0 Å². The highest BCUT2D eigenvalue weighted by molar-refractivity contribution is 5.22. The molecule has 1 aliphatic rings. The molecule has 2 rings (SSSR count). The molecule has 0 aromatic heterocycles. The van der Waals surface area contributed by atoms with E-state index < -0.39 is 0 Å². The third-order valence-electron chi connectivity index (χ3n) is 2.78. The zero-order valence-electron chi connectivity index (χ0n) is 9.03. The van der Waals surface area contributed by atoms with Gasteiger partial charge in [-0.25, -0.2) is 4.39 Å². The van der Waals surface area contributed by atoms with Crippen LogP contribution >= 0.6 is 0 Å². The van der Waals surface area contributed by atoms with Crippen LogP contribution in [0.25, 0.3) is 0 Å². The van der Waals surface area contributed by atoms with Crippen LogP contribution < -0.4 is 10.1 Å². The monoisotopic (exact) mass is 225 g/mol. The van der Waals surface area contributed by atoms with Gasteiger partial charge in [0.25, 0.3) is 0 Å². The Balaban J connectivity index is 1.91. The van der Waals surface area contributed by atoms with E-state index in [2.05, 4.69) is 5.32 Å². The molecule has 0 unspecified atom stereocenters. The van der Waals surface area contributed by atoms with Gasteiger partial charge in [0.1, 0.15) is 17.7 Å². The Labute approximate surface area is 94.2 Å². The number of piperidine rings is 1. The summed E-state index contributed by atoms with van der Waals surface area (Å²) in [6.45, 7) is 0.973. The second kappa shape index (κ2) is 5.27. The number of hydrogen-bond acceptors (Lipinski definition) is 3. The lowest BCUT2D eigenvalue weighted by atomic mass is 10.0. The van der Waals surface area contributed by atoms with E-state index in [4.69, 9.17) is 9.84 Å².